The third kappa shape index (κ3) is 8.94. The van der Waals surface area contributed by atoms with Gasteiger partial charge >= 0.3 is 5.97 Å². The Bertz CT molecular complexity index is 1250. The maximum atomic E-state index is 11.6. The van der Waals surface area contributed by atoms with Crippen molar-refractivity contribution in [3.8, 4) is 0 Å². The summed E-state index contributed by atoms with van der Waals surface area (Å²) in [6.07, 6.45) is -45.3. The van der Waals surface area contributed by atoms with Gasteiger partial charge in [-0.3, -0.25) is 0 Å². The Morgan fingerprint density at radius 2 is 0.909 bits per heavy atom. The molecule has 0 amide bonds. The van der Waals surface area contributed by atoms with E-state index in [1.165, 1.54) is 13.8 Å². The second-order valence-corrected chi connectivity index (χ2v) is 14.0. The first-order chi connectivity index (χ1) is 25.8. The molecule has 15 N–H and O–H groups in total. The number of hydrogen-bond acceptors (Lipinski definition) is 24. The zero-order valence-corrected chi connectivity index (χ0v) is 29.1. The third-order valence-corrected chi connectivity index (χ3v) is 10.2. The SMILES string of the molecule is C[C@@H]1OC(O)[C@H](O[C@@H]2O[C@@H]([C@H](O)CO)[C@H](O[C@H]3O[C@@H](C)[C@H](O)[C@@H](O[C@@H]4O[C@@H]([C@H](O)CO)[C@H](O[C@@H]5O[C@H](C(=O)O)[C@@H](O)[C@H](O)[C@H]5O)[C@H]4O)[C@H]3O)[C@H]2O)[C@H](O)[C@H]1O. The minimum absolute atomic E-state index is 0.951. The van der Waals surface area contributed by atoms with Crippen LogP contribution in [0.1, 0.15) is 13.8 Å². The molecule has 0 aromatic carbocycles. The van der Waals surface area contributed by atoms with Crippen molar-refractivity contribution < 1.29 is 124 Å². The molecule has 25 heteroatoms. The van der Waals surface area contributed by atoms with E-state index >= 15 is 0 Å². The number of carbonyl (C=O) groups is 1. The number of rotatable bonds is 13. The summed E-state index contributed by atoms with van der Waals surface area (Å²) in [5, 5.41) is 156. The first-order valence-electron chi connectivity index (χ1n) is 17.3. The van der Waals surface area contributed by atoms with Gasteiger partial charge in [0.05, 0.1) is 25.4 Å². The van der Waals surface area contributed by atoms with Gasteiger partial charge in [-0.1, -0.05) is 0 Å². The number of aliphatic hydroxyl groups is 14. The van der Waals surface area contributed by atoms with Crippen LogP contribution in [0.4, 0.5) is 0 Å². The van der Waals surface area contributed by atoms with Crippen LogP contribution in [0, 0.1) is 0 Å². The zero-order chi connectivity index (χ0) is 40.8. The Balaban J connectivity index is 1.31. The molecule has 320 valence electrons. The summed E-state index contributed by atoms with van der Waals surface area (Å²) in [5.74, 6) is -1.75. The smallest absolute Gasteiger partial charge is 0.335 e. The normalized spacial score (nSPS) is 51.9. The number of aliphatic carboxylic acids is 1. The summed E-state index contributed by atoms with van der Waals surface area (Å²) in [5.41, 5.74) is 0. The third-order valence-electron chi connectivity index (χ3n) is 10.2. The Hall–Kier alpha value is -1.45. The van der Waals surface area contributed by atoms with Crippen molar-refractivity contribution in [1.82, 2.24) is 0 Å². The molecule has 1 unspecified atom stereocenters. The molecule has 5 fully saturated rings. The molecule has 5 saturated heterocycles. The van der Waals surface area contributed by atoms with E-state index in [9.17, 15) is 81.4 Å². The number of hydrogen-bond donors (Lipinski definition) is 15. The first-order valence-corrected chi connectivity index (χ1v) is 17.3. The fourth-order valence-corrected chi connectivity index (χ4v) is 6.91. The Morgan fingerprint density at radius 3 is 1.40 bits per heavy atom. The van der Waals surface area contributed by atoms with Crippen LogP contribution in [0.2, 0.25) is 0 Å². The highest BCUT2D eigenvalue weighted by molar-refractivity contribution is 5.73. The van der Waals surface area contributed by atoms with Crippen molar-refractivity contribution in [2.75, 3.05) is 13.2 Å². The minimum atomic E-state index is -2.11. The number of carboxylic acid groups (broad SMARTS) is 1. The van der Waals surface area contributed by atoms with Crippen LogP contribution in [-0.2, 0) is 47.4 Å². The highest BCUT2D eigenvalue weighted by Crippen LogP contribution is 2.37. The summed E-state index contributed by atoms with van der Waals surface area (Å²) >= 11 is 0. The van der Waals surface area contributed by atoms with Crippen molar-refractivity contribution in [2.24, 2.45) is 0 Å². The van der Waals surface area contributed by atoms with Crippen LogP contribution in [0.15, 0.2) is 0 Å². The van der Waals surface area contributed by atoms with E-state index in [0.29, 0.717) is 0 Å². The molecule has 5 aliphatic rings. The van der Waals surface area contributed by atoms with Gasteiger partial charge in [-0.2, -0.15) is 0 Å². The molecule has 0 radical (unpaired) electrons. The van der Waals surface area contributed by atoms with Crippen molar-refractivity contribution in [3.05, 3.63) is 0 Å². The highest BCUT2D eigenvalue weighted by atomic mass is 16.8. The molecule has 5 aliphatic heterocycles. The van der Waals surface area contributed by atoms with Gasteiger partial charge < -0.3 is 119 Å². The summed E-state index contributed by atoms with van der Waals surface area (Å²) in [4.78, 5) is 11.6. The average Bonchev–Trinajstić information content (AvgIpc) is 3.62. The van der Waals surface area contributed by atoms with Crippen LogP contribution in [0.3, 0.4) is 0 Å². The molecule has 0 aromatic heterocycles. The maximum absolute atomic E-state index is 11.6. The Labute approximate surface area is 310 Å². The average molecular weight is 811 g/mol. The van der Waals surface area contributed by atoms with Crippen molar-refractivity contribution >= 4 is 5.97 Å². The fraction of sp³-hybridized carbons (Fsp3) is 0.967. The van der Waals surface area contributed by atoms with Crippen LogP contribution >= 0.6 is 0 Å². The molecule has 5 heterocycles. The van der Waals surface area contributed by atoms with Crippen molar-refractivity contribution in [2.45, 2.75) is 167 Å². The maximum Gasteiger partial charge on any atom is 0.335 e. The standard InChI is InChI=1S/C30H50O25/c1-5-9(35)12(38)24(26(46)47-5)55-30-17(43)22(19(50-30)8(34)4-32)53-28-15(41)20(10(36)6(2)48-28)51-29-16(42)21(18(49-29)7(33)3-31)52-27-14(40)11(37)13(39)23(54-27)25(44)45/h5-24,26-43,46H,3-4H2,1-2H3,(H,44,45)/t5-,6-,7+,8+,9-,10-,11-,12+,13-,14+,15+,16+,17+,18-,19-,20+,21+,22+,23-,24+,26?,27+,28+,29-,30-/m0/s1. The van der Waals surface area contributed by atoms with Crippen molar-refractivity contribution in [1.29, 1.82) is 0 Å². The number of ether oxygens (including phenoxy) is 9. The van der Waals surface area contributed by atoms with Gasteiger partial charge in [0.1, 0.15) is 104 Å². The van der Waals surface area contributed by atoms with E-state index in [1.807, 2.05) is 0 Å². The van der Waals surface area contributed by atoms with E-state index in [2.05, 4.69) is 0 Å². The molecule has 25 nitrogen and oxygen atoms in total. The lowest BCUT2D eigenvalue weighted by molar-refractivity contribution is -0.339. The largest absolute Gasteiger partial charge is 0.479 e. The monoisotopic (exact) mass is 810 g/mol. The van der Waals surface area contributed by atoms with E-state index < -0.39 is 173 Å². The highest BCUT2D eigenvalue weighted by Gasteiger charge is 2.58. The van der Waals surface area contributed by atoms with Gasteiger partial charge in [-0.05, 0) is 13.8 Å². The quantitative estimate of drug-likeness (QED) is 0.0821. The van der Waals surface area contributed by atoms with E-state index in [-0.39, 0.29) is 0 Å². The van der Waals surface area contributed by atoms with Crippen LogP contribution in [0.25, 0.3) is 0 Å². The topological polar surface area (TPSA) is 404 Å². The predicted molar refractivity (Wildman–Crippen MR) is 164 cm³/mol. The molecule has 55 heavy (non-hydrogen) atoms. The van der Waals surface area contributed by atoms with E-state index in [0.717, 1.165) is 0 Å². The van der Waals surface area contributed by atoms with Gasteiger partial charge in [0, 0.05) is 0 Å². The van der Waals surface area contributed by atoms with Gasteiger partial charge in [0.15, 0.2) is 37.6 Å². The summed E-state index contributed by atoms with van der Waals surface area (Å²) in [6, 6.07) is 0. The molecule has 0 aromatic rings. The van der Waals surface area contributed by atoms with Gasteiger partial charge in [0.2, 0.25) is 0 Å². The predicted octanol–water partition coefficient (Wildman–Crippen LogP) is -9.78. The lowest BCUT2D eigenvalue weighted by atomic mass is 9.98. The van der Waals surface area contributed by atoms with Crippen LogP contribution in [-0.4, -0.2) is 249 Å². The molecule has 5 rings (SSSR count). The first kappa shape index (κ1) is 44.6. The summed E-state index contributed by atoms with van der Waals surface area (Å²) in [6.45, 7) is 0.710. The molecule has 0 bridgehead atoms. The minimum Gasteiger partial charge on any atom is -0.479 e. The van der Waals surface area contributed by atoms with Gasteiger partial charge in [-0.15, -0.1) is 0 Å². The molecule has 0 saturated carbocycles. The molecule has 0 aliphatic carbocycles. The van der Waals surface area contributed by atoms with Gasteiger partial charge in [0.25, 0.3) is 0 Å². The summed E-state index contributed by atoms with van der Waals surface area (Å²) < 4.78 is 49.4. The number of aliphatic hydroxyl groups excluding tert-OH is 14. The second-order valence-electron chi connectivity index (χ2n) is 14.0. The molecular weight excluding hydrogens is 760 g/mol. The van der Waals surface area contributed by atoms with E-state index in [4.69, 9.17) is 42.6 Å². The lowest BCUT2D eigenvalue weighted by Crippen LogP contribution is -2.62. The second kappa shape index (κ2) is 18.2. The zero-order valence-electron chi connectivity index (χ0n) is 29.1. The van der Waals surface area contributed by atoms with Gasteiger partial charge in [-0.25, -0.2) is 4.79 Å². The molecular formula is C30H50O25. The lowest BCUT2D eigenvalue weighted by Gasteiger charge is -2.43. The molecule has 25 atom stereocenters. The van der Waals surface area contributed by atoms with Crippen LogP contribution in [0.5, 0.6) is 0 Å². The van der Waals surface area contributed by atoms with E-state index in [1.54, 1.807) is 0 Å². The Kier molecular flexibility index (Phi) is 14.8. The molecule has 0 spiro atoms. The van der Waals surface area contributed by atoms with Crippen molar-refractivity contribution in [3.63, 3.8) is 0 Å². The number of carboxylic acids is 1. The summed E-state index contributed by atoms with van der Waals surface area (Å²) in [7, 11) is 0. The Morgan fingerprint density at radius 1 is 0.491 bits per heavy atom. The fourth-order valence-electron chi connectivity index (χ4n) is 6.91. The van der Waals surface area contributed by atoms with Crippen LogP contribution < -0.4 is 0 Å².